The van der Waals surface area contributed by atoms with Crippen LogP contribution in [0.2, 0.25) is 0 Å². The molecule has 0 aliphatic heterocycles. The molecule has 2 aromatic heterocycles. The topological polar surface area (TPSA) is 122 Å². The summed E-state index contributed by atoms with van der Waals surface area (Å²) < 4.78 is 43.3. The van der Waals surface area contributed by atoms with E-state index in [4.69, 9.17) is 4.74 Å². The van der Waals surface area contributed by atoms with E-state index in [1.54, 1.807) is 18.5 Å². The highest BCUT2D eigenvalue weighted by Gasteiger charge is 2.52. The molecule has 2 amide bonds. The lowest BCUT2D eigenvalue weighted by molar-refractivity contribution is -0.141. The molecule has 12 heteroatoms. The summed E-state index contributed by atoms with van der Waals surface area (Å²) in [6.07, 6.45) is -0.918. The molecule has 2 atom stereocenters. The number of amides is 2. The summed E-state index contributed by atoms with van der Waals surface area (Å²) in [6.45, 7) is 1.81. The molecule has 2 unspecified atom stereocenters. The predicted molar refractivity (Wildman–Crippen MR) is 110 cm³/mol. The Kier molecular flexibility index (Phi) is 6.26. The van der Waals surface area contributed by atoms with Crippen molar-refractivity contribution in [1.29, 1.82) is 0 Å². The number of anilines is 1. The van der Waals surface area contributed by atoms with Crippen molar-refractivity contribution in [3.63, 3.8) is 0 Å². The molecule has 9 nitrogen and oxygen atoms in total. The fourth-order valence-corrected chi connectivity index (χ4v) is 4.08. The average Bonchev–Trinajstić information content (AvgIpc) is 3.11. The summed E-state index contributed by atoms with van der Waals surface area (Å²) in [5.74, 6) is 0.136. The summed E-state index contributed by atoms with van der Waals surface area (Å²) in [6, 6.07) is 1.73. The second-order valence-corrected chi connectivity index (χ2v) is 8.82. The van der Waals surface area contributed by atoms with Crippen LogP contribution in [0.5, 0.6) is 0 Å². The van der Waals surface area contributed by atoms with Crippen LogP contribution in [0.3, 0.4) is 0 Å². The standard InChI is InChI=1S/C21H25F3N6O3/c1-12-9-26-14(10-25-12)7-18(31)27-17-8-16(29-30-17)13-2-3-15(6-13)33-19(32)28-20(4-5-20)11-21(22,23)24/h8-10,13,15H,2-7,11H2,1H3,(H,28,32)(H2,27,29,30,31). The Balaban J connectivity index is 1.24. The fourth-order valence-electron chi connectivity index (χ4n) is 4.08. The number of aromatic nitrogens is 4. The molecule has 3 N–H and O–H groups in total. The summed E-state index contributed by atoms with van der Waals surface area (Å²) in [4.78, 5) is 32.6. The van der Waals surface area contributed by atoms with Gasteiger partial charge in [0, 0.05) is 30.1 Å². The zero-order valence-electron chi connectivity index (χ0n) is 18.0. The number of H-pyrrole nitrogens is 1. The van der Waals surface area contributed by atoms with Crippen LogP contribution in [0.1, 0.15) is 61.5 Å². The zero-order valence-corrected chi connectivity index (χ0v) is 18.0. The molecule has 2 aliphatic rings. The van der Waals surface area contributed by atoms with Crippen LogP contribution < -0.4 is 10.6 Å². The molecule has 2 saturated carbocycles. The second-order valence-electron chi connectivity index (χ2n) is 8.82. The first-order valence-electron chi connectivity index (χ1n) is 10.8. The number of ether oxygens (including phenoxy) is 1. The van der Waals surface area contributed by atoms with E-state index in [1.165, 1.54) is 0 Å². The molecular formula is C21H25F3N6O3. The van der Waals surface area contributed by atoms with Crippen molar-refractivity contribution >= 4 is 17.8 Å². The Labute approximate surface area is 187 Å². The minimum absolute atomic E-state index is 0.0361. The number of nitrogens with zero attached hydrogens (tertiary/aromatic N) is 3. The molecule has 2 aliphatic carbocycles. The van der Waals surface area contributed by atoms with Crippen LogP contribution in [0.25, 0.3) is 0 Å². The van der Waals surface area contributed by atoms with Crippen LogP contribution in [0.4, 0.5) is 23.8 Å². The monoisotopic (exact) mass is 466 g/mol. The Bertz CT molecular complexity index is 1000. The van der Waals surface area contributed by atoms with Gasteiger partial charge < -0.3 is 15.4 Å². The number of aromatic amines is 1. The maximum Gasteiger partial charge on any atom is 0.407 e. The number of rotatable bonds is 7. The van der Waals surface area contributed by atoms with Crippen molar-refractivity contribution in [3.8, 4) is 0 Å². The lowest BCUT2D eigenvalue weighted by Crippen LogP contribution is -2.41. The van der Waals surface area contributed by atoms with Crippen LogP contribution in [-0.2, 0) is 16.0 Å². The molecule has 33 heavy (non-hydrogen) atoms. The number of alkyl halides is 3. The van der Waals surface area contributed by atoms with Gasteiger partial charge in [0.05, 0.1) is 29.8 Å². The lowest BCUT2D eigenvalue weighted by Gasteiger charge is -2.20. The van der Waals surface area contributed by atoms with E-state index in [0.29, 0.717) is 37.2 Å². The molecule has 2 heterocycles. The normalized spacial score (nSPS) is 21.5. The molecule has 0 saturated heterocycles. The van der Waals surface area contributed by atoms with Gasteiger partial charge in [-0.15, -0.1) is 0 Å². The summed E-state index contributed by atoms with van der Waals surface area (Å²) in [7, 11) is 0. The van der Waals surface area contributed by atoms with Gasteiger partial charge in [0.1, 0.15) is 6.10 Å². The first-order valence-corrected chi connectivity index (χ1v) is 10.8. The largest absolute Gasteiger partial charge is 0.446 e. The summed E-state index contributed by atoms with van der Waals surface area (Å²) >= 11 is 0. The fraction of sp³-hybridized carbons (Fsp3) is 0.571. The van der Waals surface area contributed by atoms with Crippen molar-refractivity contribution in [2.75, 3.05) is 5.32 Å². The predicted octanol–water partition coefficient (Wildman–Crippen LogP) is 3.54. The molecule has 0 aromatic carbocycles. The van der Waals surface area contributed by atoms with Gasteiger partial charge in [-0.25, -0.2) is 4.79 Å². The quantitative estimate of drug-likeness (QED) is 0.574. The van der Waals surface area contributed by atoms with E-state index in [2.05, 4.69) is 30.8 Å². The van der Waals surface area contributed by atoms with Gasteiger partial charge in [-0.2, -0.15) is 18.3 Å². The Morgan fingerprint density at radius 3 is 2.70 bits per heavy atom. The minimum atomic E-state index is -4.33. The molecule has 0 bridgehead atoms. The van der Waals surface area contributed by atoms with Crippen molar-refractivity contribution < 1.29 is 27.5 Å². The smallest absolute Gasteiger partial charge is 0.407 e. The van der Waals surface area contributed by atoms with Crippen molar-refractivity contribution in [2.45, 2.75) is 75.6 Å². The molecule has 178 valence electrons. The molecule has 0 radical (unpaired) electrons. The number of hydrogen-bond donors (Lipinski definition) is 3. The third-order valence-corrected chi connectivity index (χ3v) is 5.90. The number of carbonyl (C=O) groups is 2. The number of aryl methyl sites for hydroxylation is 1. The number of nitrogens with one attached hydrogen (secondary N) is 3. The third-order valence-electron chi connectivity index (χ3n) is 5.90. The van der Waals surface area contributed by atoms with Crippen molar-refractivity contribution in [2.24, 2.45) is 0 Å². The second kappa shape index (κ2) is 8.99. The molecular weight excluding hydrogens is 441 g/mol. The third kappa shape index (κ3) is 6.42. The SMILES string of the molecule is Cc1cnc(CC(=O)Nc2cc(C3CCC(OC(=O)NC4(CC(F)(F)F)CC4)C3)[nH]n2)cn1. The number of hydrogen-bond acceptors (Lipinski definition) is 6. The molecule has 2 aromatic rings. The van der Waals surface area contributed by atoms with Gasteiger partial charge >= 0.3 is 12.3 Å². The van der Waals surface area contributed by atoms with Crippen molar-refractivity contribution in [3.05, 3.63) is 35.5 Å². The van der Waals surface area contributed by atoms with Crippen molar-refractivity contribution in [1.82, 2.24) is 25.5 Å². The lowest BCUT2D eigenvalue weighted by atomic mass is 10.0. The van der Waals surface area contributed by atoms with Gasteiger partial charge in [0.25, 0.3) is 0 Å². The number of alkyl carbamates (subject to hydrolysis) is 1. The molecule has 2 fully saturated rings. The highest BCUT2D eigenvalue weighted by atomic mass is 19.4. The number of carbonyl (C=O) groups excluding carboxylic acids is 2. The summed E-state index contributed by atoms with van der Waals surface area (Å²) in [5.41, 5.74) is 0.892. The van der Waals surface area contributed by atoms with E-state index in [9.17, 15) is 22.8 Å². The van der Waals surface area contributed by atoms with Crippen LogP contribution in [0.15, 0.2) is 18.5 Å². The van der Waals surface area contributed by atoms with Gasteiger partial charge in [-0.1, -0.05) is 0 Å². The first-order chi connectivity index (χ1) is 15.6. The first kappa shape index (κ1) is 23.0. The maximum atomic E-state index is 12.7. The highest BCUT2D eigenvalue weighted by molar-refractivity contribution is 5.91. The van der Waals surface area contributed by atoms with E-state index in [-0.39, 0.29) is 18.2 Å². The minimum Gasteiger partial charge on any atom is -0.446 e. The Morgan fingerprint density at radius 2 is 2.03 bits per heavy atom. The van der Waals surface area contributed by atoms with E-state index < -0.39 is 30.3 Å². The Hall–Kier alpha value is -3.18. The van der Waals surface area contributed by atoms with Crippen LogP contribution in [-0.4, -0.2) is 50.0 Å². The van der Waals surface area contributed by atoms with Gasteiger partial charge in [-0.3, -0.25) is 19.9 Å². The maximum absolute atomic E-state index is 12.7. The Morgan fingerprint density at radius 1 is 1.24 bits per heavy atom. The molecule has 0 spiro atoms. The molecule has 4 rings (SSSR count). The van der Waals surface area contributed by atoms with Gasteiger partial charge in [0.15, 0.2) is 5.82 Å². The average molecular weight is 466 g/mol. The highest BCUT2D eigenvalue weighted by Crippen LogP contribution is 2.44. The van der Waals surface area contributed by atoms with Crippen LogP contribution in [0, 0.1) is 6.92 Å². The number of halogens is 3. The van der Waals surface area contributed by atoms with Crippen LogP contribution >= 0.6 is 0 Å². The van der Waals surface area contributed by atoms with E-state index >= 15 is 0 Å². The van der Waals surface area contributed by atoms with E-state index in [0.717, 1.165) is 17.8 Å². The summed E-state index contributed by atoms with van der Waals surface area (Å²) in [5, 5.41) is 12.1. The van der Waals surface area contributed by atoms with Gasteiger partial charge in [-0.05, 0) is 39.0 Å². The zero-order chi connectivity index (χ0) is 23.6. The van der Waals surface area contributed by atoms with Gasteiger partial charge in [0.2, 0.25) is 5.91 Å². The van der Waals surface area contributed by atoms with E-state index in [1.807, 2.05) is 6.92 Å².